The molecule has 1 saturated carbocycles. The Morgan fingerprint density at radius 3 is 2.70 bits per heavy atom. The van der Waals surface area contributed by atoms with Gasteiger partial charge in [-0.15, -0.1) is 0 Å². The van der Waals surface area contributed by atoms with Crippen LogP contribution in [0.25, 0.3) is 22.2 Å². The zero-order valence-electron chi connectivity index (χ0n) is 23.7. The van der Waals surface area contributed by atoms with Gasteiger partial charge in [-0.25, -0.2) is 9.37 Å². The van der Waals surface area contributed by atoms with Crippen LogP contribution in [0.15, 0.2) is 54.6 Å². The van der Waals surface area contributed by atoms with Crippen LogP contribution < -0.4 is 4.74 Å². The number of aryl methyl sites for hydroxylation is 2. The largest absolute Gasteiger partial charge is 0.491 e. The number of hydrogen-bond donors (Lipinski definition) is 1. The van der Waals surface area contributed by atoms with Crippen molar-refractivity contribution in [3.05, 3.63) is 82.9 Å². The van der Waals surface area contributed by atoms with Crippen molar-refractivity contribution in [2.75, 3.05) is 13.2 Å². The molecule has 1 N–H and O–H groups in total. The summed E-state index contributed by atoms with van der Waals surface area (Å²) in [4.78, 5) is 23.8. The molecule has 0 radical (unpaired) electrons. The molecule has 1 amide bonds. The average Bonchev–Trinajstić information content (AvgIpc) is 3.09. The van der Waals surface area contributed by atoms with Gasteiger partial charge in [0.25, 0.3) is 0 Å². The number of fused-ring (bicyclic) bond motifs is 2. The molecule has 2 aliphatic rings. The van der Waals surface area contributed by atoms with E-state index in [4.69, 9.17) is 4.74 Å². The lowest BCUT2D eigenvalue weighted by molar-refractivity contribution is -0.137. The van der Waals surface area contributed by atoms with Crippen molar-refractivity contribution in [3.63, 3.8) is 0 Å². The molecule has 6 heteroatoms. The van der Waals surface area contributed by atoms with Crippen molar-refractivity contribution < 1.29 is 13.9 Å². The van der Waals surface area contributed by atoms with E-state index in [0.717, 1.165) is 77.0 Å². The fraction of sp³-hybridized carbons (Fsp3) is 0.412. The van der Waals surface area contributed by atoms with Gasteiger partial charge in [0.1, 0.15) is 24.0 Å². The normalized spacial score (nSPS) is 20.4. The topological polar surface area (TPSA) is 58.2 Å². The second-order valence-electron chi connectivity index (χ2n) is 11.8. The van der Waals surface area contributed by atoms with Crippen LogP contribution in [0.5, 0.6) is 5.75 Å². The summed E-state index contributed by atoms with van der Waals surface area (Å²) in [5.41, 5.74) is 7.47. The highest BCUT2D eigenvalue weighted by Crippen LogP contribution is 2.40. The number of ether oxygens (including phenoxy) is 1. The Hall–Kier alpha value is -3.67. The Bertz CT molecular complexity index is 1540. The highest BCUT2D eigenvalue weighted by molar-refractivity contribution is 5.82. The number of carbonyl (C=O) groups is 1. The van der Waals surface area contributed by atoms with E-state index in [9.17, 15) is 9.18 Å². The molecule has 0 saturated heterocycles. The van der Waals surface area contributed by atoms with Crippen molar-refractivity contribution >= 4 is 16.9 Å². The molecule has 1 aromatic heterocycles. The van der Waals surface area contributed by atoms with E-state index >= 15 is 0 Å². The van der Waals surface area contributed by atoms with Crippen LogP contribution in [0.4, 0.5) is 4.39 Å². The zero-order valence-corrected chi connectivity index (χ0v) is 23.7. The molecule has 3 aromatic carbocycles. The van der Waals surface area contributed by atoms with Crippen molar-refractivity contribution in [3.8, 4) is 16.9 Å². The van der Waals surface area contributed by atoms with E-state index in [0.29, 0.717) is 31.5 Å². The number of carbonyl (C=O) groups excluding carboxylic acids is 1. The van der Waals surface area contributed by atoms with Gasteiger partial charge in [0.2, 0.25) is 5.91 Å². The molecule has 3 atom stereocenters. The van der Waals surface area contributed by atoms with Gasteiger partial charge in [-0.1, -0.05) is 38.0 Å². The number of amides is 1. The molecule has 0 bridgehead atoms. The second-order valence-corrected chi connectivity index (χ2v) is 11.8. The highest BCUT2D eigenvalue weighted by Gasteiger charge is 2.33. The van der Waals surface area contributed by atoms with Crippen molar-refractivity contribution in [2.45, 2.75) is 65.3 Å². The quantitative estimate of drug-likeness (QED) is 0.270. The van der Waals surface area contributed by atoms with E-state index in [1.54, 1.807) is 12.1 Å². The maximum absolute atomic E-state index is 13.9. The third-order valence-corrected chi connectivity index (χ3v) is 9.02. The number of halogens is 1. The Labute approximate surface area is 235 Å². The molecule has 1 aliphatic carbocycles. The summed E-state index contributed by atoms with van der Waals surface area (Å²) in [5, 5.41) is 0. The van der Waals surface area contributed by atoms with E-state index in [2.05, 4.69) is 41.2 Å². The van der Waals surface area contributed by atoms with Crippen LogP contribution >= 0.6 is 0 Å². The first kappa shape index (κ1) is 26.5. The summed E-state index contributed by atoms with van der Waals surface area (Å²) in [7, 11) is 0. The SMILES string of the molecule is Cc1nc2ccc(-c3ccc4c(c3)CN(C(=O)C(C)C3CCCCC(c5ccc(F)cc5C)C3)CCO4)cc2[nH]1. The van der Waals surface area contributed by atoms with E-state index in [-0.39, 0.29) is 17.6 Å². The molecule has 40 heavy (non-hydrogen) atoms. The molecular formula is C34H38FN3O2. The van der Waals surface area contributed by atoms with Crippen LogP contribution in [0, 0.1) is 31.5 Å². The third kappa shape index (κ3) is 5.36. The van der Waals surface area contributed by atoms with Gasteiger partial charge in [-0.2, -0.15) is 0 Å². The fourth-order valence-electron chi connectivity index (χ4n) is 6.80. The summed E-state index contributed by atoms with van der Waals surface area (Å²) in [6.45, 7) is 7.70. The molecule has 208 valence electrons. The number of hydrogen-bond acceptors (Lipinski definition) is 3. The molecule has 2 heterocycles. The Balaban J connectivity index is 1.20. The summed E-state index contributed by atoms with van der Waals surface area (Å²) in [6.07, 6.45) is 5.41. The monoisotopic (exact) mass is 539 g/mol. The molecule has 1 aliphatic heterocycles. The van der Waals surface area contributed by atoms with Gasteiger partial charge in [-0.3, -0.25) is 4.79 Å². The number of benzene rings is 3. The number of rotatable bonds is 4. The number of nitrogens with one attached hydrogen (secondary N) is 1. The summed E-state index contributed by atoms with van der Waals surface area (Å²) in [5.74, 6) is 2.39. The smallest absolute Gasteiger partial charge is 0.226 e. The van der Waals surface area contributed by atoms with Gasteiger partial charge in [0, 0.05) is 18.0 Å². The average molecular weight is 540 g/mol. The predicted octanol–water partition coefficient (Wildman–Crippen LogP) is 7.71. The standard InChI is InChI=1S/C34H38FN3O2/c1-21-16-29(35)10-11-30(21)27-7-5-4-6-24(17-27)22(2)34(39)38-14-15-40-33-13-9-25(18-28(33)20-38)26-8-12-31-32(19-26)37-23(3)36-31/h8-13,16,18-19,22,24,27H,4-7,14-15,17,20H2,1-3H3,(H,36,37). The van der Waals surface area contributed by atoms with Crippen LogP contribution in [-0.4, -0.2) is 33.9 Å². The second kappa shape index (κ2) is 11.1. The number of aromatic nitrogens is 2. The highest BCUT2D eigenvalue weighted by atomic mass is 19.1. The van der Waals surface area contributed by atoms with E-state index in [1.165, 1.54) is 5.56 Å². The predicted molar refractivity (Wildman–Crippen MR) is 157 cm³/mol. The van der Waals surface area contributed by atoms with Gasteiger partial charge < -0.3 is 14.6 Å². The number of aromatic amines is 1. The maximum Gasteiger partial charge on any atom is 0.226 e. The first-order valence-electron chi connectivity index (χ1n) is 14.6. The summed E-state index contributed by atoms with van der Waals surface area (Å²) in [6, 6.07) is 17.7. The molecule has 4 aromatic rings. The minimum absolute atomic E-state index is 0.0721. The first-order chi connectivity index (χ1) is 19.4. The third-order valence-electron chi connectivity index (χ3n) is 9.02. The van der Waals surface area contributed by atoms with Gasteiger partial charge in [-0.05, 0) is 104 Å². The van der Waals surface area contributed by atoms with Gasteiger partial charge in [0.05, 0.1) is 17.6 Å². The Morgan fingerprint density at radius 2 is 1.85 bits per heavy atom. The van der Waals surface area contributed by atoms with Crippen LogP contribution in [-0.2, 0) is 11.3 Å². The van der Waals surface area contributed by atoms with E-state index in [1.807, 2.05) is 36.9 Å². The number of imidazole rings is 1. The lowest BCUT2D eigenvalue weighted by Gasteiger charge is -2.30. The van der Waals surface area contributed by atoms with Crippen LogP contribution in [0.1, 0.15) is 67.5 Å². The van der Waals surface area contributed by atoms with Gasteiger partial charge in [0.15, 0.2) is 0 Å². The molecular weight excluding hydrogens is 501 g/mol. The van der Waals surface area contributed by atoms with E-state index < -0.39 is 0 Å². The van der Waals surface area contributed by atoms with Gasteiger partial charge >= 0.3 is 0 Å². The van der Waals surface area contributed by atoms with Crippen molar-refractivity contribution in [1.29, 1.82) is 0 Å². The number of H-pyrrole nitrogens is 1. The lowest BCUT2D eigenvalue weighted by atomic mass is 9.80. The molecule has 0 spiro atoms. The fourth-order valence-corrected chi connectivity index (χ4v) is 6.80. The van der Waals surface area contributed by atoms with Crippen LogP contribution in [0.3, 0.4) is 0 Å². The minimum Gasteiger partial charge on any atom is -0.491 e. The summed E-state index contributed by atoms with van der Waals surface area (Å²) >= 11 is 0. The maximum atomic E-state index is 13.9. The zero-order chi connectivity index (χ0) is 27.8. The lowest BCUT2D eigenvalue weighted by Crippen LogP contribution is -2.39. The molecule has 5 nitrogen and oxygen atoms in total. The molecule has 3 unspecified atom stereocenters. The van der Waals surface area contributed by atoms with Crippen LogP contribution in [0.2, 0.25) is 0 Å². The molecule has 6 rings (SSSR count). The molecule has 1 fully saturated rings. The Morgan fingerprint density at radius 1 is 1.05 bits per heavy atom. The minimum atomic E-state index is -0.182. The number of nitrogens with zero attached hydrogens (tertiary/aromatic N) is 2. The van der Waals surface area contributed by atoms with Crippen molar-refractivity contribution in [2.24, 2.45) is 11.8 Å². The first-order valence-corrected chi connectivity index (χ1v) is 14.6. The Kier molecular flexibility index (Phi) is 7.35. The van der Waals surface area contributed by atoms with Crippen molar-refractivity contribution in [1.82, 2.24) is 14.9 Å². The summed E-state index contributed by atoms with van der Waals surface area (Å²) < 4.78 is 19.9.